The van der Waals surface area contributed by atoms with Gasteiger partial charge in [-0.05, 0) is 0 Å². The highest BCUT2D eigenvalue weighted by Crippen LogP contribution is 2.21. The molecule has 0 saturated heterocycles. The fourth-order valence-electron chi connectivity index (χ4n) is 0.600. The summed E-state index contributed by atoms with van der Waals surface area (Å²) in [6, 6.07) is 0. The van der Waals surface area contributed by atoms with Crippen molar-refractivity contribution in [2.24, 2.45) is 0 Å². The summed E-state index contributed by atoms with van der Waals surface area (Å²) in [5, 5.41) is 9.12. The quantitative estimate of drug-likeness (QED) is 0.495. The second-order valence-corrected chi connectivity index (χ2v) is 4.56. The lowest BCUT2D eigenvalue weighted by atomic mass is 9.98. The van der Waals surface area contributed by atoms with Crippen molar-refractivity contribution in [1.29, 1.82) is 0 Å². The highest BCUT2D eigenvalue weighted by Gasteiger charge is 2.17. The summed E-state index contributed by atoms with van der Waals surface area (Å²) in [6.07, 6.45) is 0. The Kier molecular flexibility index (Phi) is 1.81. The molecule has 0 atom stereocenters. The van der Waals surface area contributed by atoms with Gasteiger partial charge in [-0.15, -0.1) is 16.4 Å². The van der Waals surface area contributed by atoms with Crippen molar-refractivity contribution in [2.75, 3.05) is 0 Å². The van der Waals surface area contributed by atoms with Crippen molar-refractivity contribution in [2.45, 2.75) is 26.2 Å². The van der Waals surface area contributed by atoms with Gasteiger partial charge in [-0.1, -0.05) is 20.8 Å². The van der Waals surface area contributed by atoms with E-state index in [1.54, 1.807) is 11.3 Å². The lowest BCUT2D eigenvalue weighted by molar-refractivity contribution is 0.578. The summed E-state index contributed by atoms with van der Waals surface area (Å²) in [6.45, 7) is 6.44. The van der Waals surface area contributed by atoms with Gasteiger partial charge in [-0.2, -0.15) is 5.10 Å². The number of nitrogens with zero attached hydrogens (tertiary/aromatic N) is 2. The van der Waals surface area contributed by atoms with Crippen molar-refractivity contribution >= 4 is 24.1 Å². The lowest BCUT2D eigenvalue weighted by Gasteiger charge is -2.12. The van der Waals surface area contributed by atoms with Crippen LogP contribution in [-0.4, -0.2) is 18.0 Å². The Balaban J connectivity index is 2.96. The van der Waals surface area contributed by atoms with Crippen molar-refractivity contribution in [1.82, 2.24) is 10.2 Å². The predicted octanol–water partition coefficient (Wildman–Crippen LogP) is 0.0940. The molecule has 0 saturated carbocycles. The van der Waals surface area contributed by atoms with E-state index in [4.69, 9.17) is 0 Å². The topological polar surface area (TPSA) is 25.8 Å². The van der Waals surface area contributed by atoms with E-state index in [0.717, 1.165) is 9.91 Å². The molecule has 4 heteroatoms. The molecule has 0 amide bonds. The van der Waals surface area contributed by atoms with Gasteiger partial charge < -0.3 is 0 Å². The molecule has 0 spiro atoms. The maximum Gasteiger partial charge on any atom is 0.180 e. The van der Waals surface area contributed by atoms with E-state index >= 15 is 0 Å². The zero-order valence-corrected chi connectivity index (χ0v) is 7.62. The van der Waals surface area contributed by atoms with Crippen LogP contribution in [0.3, 0.4) is 0 Å². The fraction of sp³-hybridized carbons (Fsp3) is 0.667. The SMILES string of the molecule is Bc1nnc(C(C)(C)C)s1. The van der Waals surface area contributed by atoms with E-state index in [1.165, 1.54) is 0 Å². The van der Waals surface area contributed by atoms with Crippen LogP contribution in [-0.2, 0) is 5.41 Å². The highest BCUT2D eigenvalue weighted by molar-refractivity contribution is 7.19. The minimum atomic E-state index is 0.159. The van der Waals surface area contributed by atoms with Crippen LogP contribution in [0.2, 0.25) is 0 Å². The number of rotatable bonds is 0. The summed E-state index contributed by atoms with van der Waals surface area (Å²) in [7, 11) is 1.98. The van der Waals surface area contributed by atoms with Gasteiger partial charge in [0.25, 0.3) is 0 Å². The molecule has 0 aliphatic carbocycles. The Morgan fingerprint density at radius 1 is 1.30 bits per heavy atom. The molecular formula is C6H11BN2S. The fourth-order valence-corrected chi connectivity index (χ4v) is 1.35. The van der Waals surface area contributed by atoms with Gasteiger partial charge in [-0.3, -0.25) is 0 Å². The third kappa shape index (κ3) is 1.56. The van der Waals surface area contributed by atoms with Crippen molar-refractivity contribution < 1.29 is 0 Å². The number of aromatic nitrogens is 2. The lowest BCUT2D eigenvalue weighted by Crippen LogP contribution is -2.10. The molecular weight excluding hydrogens is 143 g/mol. The van der Waals surface area contributed by atoms with Gasteiger partial charge in [-0.25, -0.2) is 0 Å². The molecule has 1 rings (SSSR count). The molecule has 54 valence electrons. The van der Waals surface area contributed by atoms with Crippen LogP contribution >= 0.6 is 11.3 Å². The van der Waals surface area contributed by atoms with Gasteiger partial charge >= 0.3 is 0 Å². The second-order valence-electron chi connectivity index (χ2n) is 3.38. The standard InChI is InChI=1S/C6H11BN2S/c1-6(2,3)4-8-9-5(7)10-4/h7H2,1-3H3. The summed E-state index contributed by atoms with van der Waals surface area (Å²) < 4.78 is 0. The second kappa shape index (κ2) is 2.34. The van der Waals surface area contributed by atoms with E-state index < -0.39 is 0 Å². The Morgan fingerprint density at radius 2 is 1.90 bits per heavy atom. The van der Waals surface area contributed by atoms with E-state index in [9.17, 15) is 0 Å². The zero-order valence-electron chi connectivity index (χ0n) is 6.80. The van der Waals surface area contributed by atoms with E-state index in [2.05, 4.69) is 31.0 Å². The monoisotopic (exact) mass is 154 g/mol. The number of hydrogen-bond acceptors (Lipinski definition) is 3. The Hall–Kier alpha value is -0.375. The average Bonchev–Trinajstić information content (AvgIpc) is 2.11. The molecule has 2 nitrogen and oxygen atoms in total. The molecule has 0 aliphatic rings. The zero-order chi connectivity index (χ0) is 7.78. The molecule has 0 fully saturated rings. The summed E-state index contributed by atoms with van der Waals surface area (Å²) in [5.41, 5.74) is 0.159. The average molecular weight is 154 g/mol. The molecule has 0 aliphatic heterocycles. The Labute approximate surface area is 66.1 Å². The molecule has 1 aromatic heterocycles. The van der Waals surface area contributed by atoms with Gasteiger partial charge in [0.2, 0.25) is 0 Å². The van der Waals surface area contributed by atoms with Crippen LogP contribution in [0.5, 0.6) is 0 Å². The van der Waals surface area contributed by atoms with Crippen LogP contribution in [0.25, 0.3) is 0 Å². The van der Waals surface area contributed by atoms with Crippen molar-refractivity contribution in [3.05, 3.63) is 5.01 Å². The Morgan fingerprint density at radius 3 is 2.10 bits per heavy atom. The molecule has 0 aromatic carbocycles. The van der Waals surface area contributed by atoms with Crippen LogP contribution < -0.4 is 4.91 Å². The normalized spacial score (nSPS) is 11.9. The van der Waals surface area contributed by atoms with Gasteiger partial charge in [0.1, 0.15) is 5.01 Å². The van der Waals surface area contributed by atoms with Crippen LogP contribution in [0.1, 0.15) is 25.8 Å². The van der Waals surface area contributed by atoms with Crippen molar-refractivity contribution in [3.8, 4) is 0 Å². The molecule has 0 radical (unpaired) electrons. The largest absolute Gasteiger partial charge is 0.180 e. The van der Waals surface area contributed by atoms with Crippen molar-refractivity contribution in [3.63, 3.8) is 0 Å². The van der Waals surface area contributed by atoms with Gasteiger partial charge in [0.15, 0.2) is 7.85 Å². The number of hydrogen-bond donors (Lipinski definition) is 0. The summed E-state index contributed by atoms with van der Waals surface area (Å²) in [5.74, 6) is 0. The van der Waals surface area contributed by atoms with E-state index in [0.29, 0.717) is 0 Å². The van der Waals surface area contributed by atoms with Crippen LogP contribution in [0.15, 0.2) is 0 Å². The first-order valence-corrected chi connectivity index (χ1v) is 4.12. The van der Waals surface area contributed by atoms with E-state index in [-0.39, 0.29) is 5.41 Å². The summed E-state index contributed by atoms with van der Waals surface area (Å²) >= 11 is 1.67. The molecule has 0 unspecified atom stereocenters. The highest BCUT2D eigenvalue weighted by atomic mass is 32.1. The smallest absolute Gasteiger partial charge is 0.155 e. The van der Waals surface area contributed by atoms with Gasteiger partial charge in [0.05, 0.1) is 4.91 Å². The molecule has 1 aromatic rings. The first-order valence-electron chi connectivity index (χ1n) is 3.31. The van der Waals surface area contributed by atoms with Crippen LogP contribution in [0.4, 0.5) is 0 Å². The minimum absolute atomic E-state index is 0.159. The third-order valence-electron chi connectivity index (χ3n) is 1.17. The molecule has 0 bridgehead atoms. The molecule has 1 heterocycles. The molecule has 10 heavy (non-hydrogen) atoms. The predicted molar refractivity (Wildman–Crippen MR) is 46.8 cm³/mol. The maximum absolute atomic E-state index is 4.06. The van der Waals surface area contributed by atoms with Gasteiger partial charge in [0, 0.05) is 5.41 Å². The summed E-state index contributed by atoms with van der Waals surface area (Å²) in [4.78, 5) is 1.05. The first kappa shape index (κ1) is 7.73. The van der Waals surface area contributed by atoms with Crippen LogP contribution in [0, 0.1) is 0 Å². The van der Waals surface area contributed by atoms with E-state index in [1.807, 2.05) is 7.85 Å². The first-order chi connectivity index (χ1) is 4.50. The minimum Gasteiger partial charge on any atom is -0.155 e. The third-order valence-corrected chi connectivity index (χ3v) is 2.43. The Bertz CT molecular complexity index is 226. The molecule has 0 N–H and O–H groups in total. The maximum atomic E-state index is 4.06.